The first-order valence-corrected chi connectivity index (χ1v) is 4.47. The molecule has 14 heavy (non-hydrogen) atoms. The number of nitrogens with zero attached hydrogens (tertiary/aromatic N) is 1. The number of phenols is 1. The SMILES string of the molecule is Cc1c(O)ccc(C(=O)CCl)c1C#N. The average molecular weight is 210 g/mol. The Bertz CT molecular complexity index is 421. The molecule has 0 saturated carbocycles. The number of carbonyl (C=O) groups is 1. The quantitative estimate of drug-likeness (QED) is 0.599. The van der Waals surface area contributed by atoms with E-state index in [-0.39, 0.29) is 28.5 Å². The summed E-state index contributed by atoms with van der Waals surface area (Å²) in [6.45, 7) is 1.58. The molecule has 0 heterocycles. The minimum atomic E-state index is -0.314. The van der Waals surface area contributed by atoms with E-state index >= 15 is 0 Å². The van der Waals surface area contributed by atoms with Crippen LogP contribution in [-0.4, -0.2) is 16.8 Å². The van der Waals surface area contributed by atoms with Crippen LogP contribution < -0.4 is 0 Å². The second kappa shape index (κ2) is 4.12. The van der Waals surface area contributed by atoms with Gasteiger partial charge in [0.1, 0.15) is 11.8 Å². The van der Waals surface area contributed by atoms with Crippen LogP contribution in [0.5, 0.6) is 5.75 Å². The molecule has 0 amide bonds. The Morgan fingerprint density at radius 2 is 2.29 bits per heavy atom. The van der Waals surface area contributed by atoms with Gasteiger partial charge in [-0.3, -0.25) is 4.79 Å². The van der Waals surface area contributed by atoms with E-state index in [2.05, 4.69) is 0 Å². The maximum absolute atomic E-state index is 11.3. The number of Topliss-reactive ketones (excluding diaryl/α,β-unsaturated/α-hetero) is 1. The van der Waals surface area contributed by atoms with Gasteiger partial charge < -0.3 is 5.11 Å². The fourth-order valence-corrected chi connectivity index (χ4v) is 1.29. The van der Waals surface area contributed by atoms with Crippen LogP contribution in [0.4, 0.5) is 0 Å². The molecule has 0 atom stereocenters. The summed E-state index contributed by atoms with van der Waals surface area (Å²) in [6, 6.07) is 4.67. The number of ketones is 1. The molecular weight excluding hydrogens is 202 g/mol. The first-order valence-electron chi connectivity index (χ1n) is 3.93. The topological polar surface area (TPSA) is 61.1 Å². The summed E-state index contributed by atoms with van der Waals surface area (Å²) in [5.74, 6) is -0.474. The van der Waals surface area contributed by atoms with Gasteiger partial charge in [-0.25, -0.2) is 0 Å². The lowest BCUT2D eigenvalue weighted by atomic mass is 9.99. The highest BCUT2D eigenvalue weighted by molar-refractivity contribution is 6.30. The average Bonchev–Trinajstić information content (AvgIpc) is 2.20. The number of aromatic hydroxyl groups is 1. The molecular formula is C10H8ClNO2. The van der Waals surface area contributed by atoms with Crippen molar-refractivity contribution >= 4 is 17.4 Å². The molecule has 72 valence electrons. The molecule has 0 bridgehead atoms. The van der Waals surface area contributed by atoms with Crippen LogP contribution in [-0.2, 0) is 0 Å². The lowest BCUT2D eigenvalue weighted by Crippen LogP contribution is -2.04. The van der Waals surface area contributed by atoms with Gasteiger partial charge in [0.2, 0.25) is 0 Å². The fraction of sp³-hybridized carbons (Fsp3) is 0.200. The normalized spacial score (nSPS) is 9.50. The van der Waals surface area contributed by atoms with Gasteiger partial charge in [0.15, 0.2) is 5.78 Å². The number of hydrogen-bond donors (Lipinski definition) is 1. The van der Waals surface area contributed by atoms with Crippen molar-refractivity contribution in [3.05, 3.63) is 28.8 Å². The number of halogens is 1. The van der Waals surface area contributed by atoms with E-state index < -0.39 is 0 Å². The van der Waals surface area contributed by atoms with E-state index in [4.69, 9.17) is 16.9 Å². The number of phenolic OH excluding ortho intramolecular Hbond substituents is 1. The Hall–Kier alpha value is -1.53. The maximum Gasteiger partial charge on any atom is 0.178 e. The Labute approximate surface area is 86.5 Å². The molecule has 0 aliphatic heterocycles. The van der Waals surface area contributed by atoms with Crippen molar-refractivity contribution in [1.29, 1.82) is 5.26 Å². The van der Waals surface area contributed by atoms with E-state index in [0.29, 0.717) is 5.56 Å². The highest BCUT2D eigenvalue weighted by atomic mass is 35.5. The molecule has 1 N–H and O–H groups in total. The Kier molecular flexibility index (Phi) is 3.10. The van der Waals surface area contributed by atoms with Gasteiger partial charge in [-0.15, -0.1) is 11.6 Å². The zero-order chi connectivity index (χ0) is 10.7. The van der Waals surface area contributed by atoms with E-state index in [0.717, 1.165) is 0 Å². The van der Waals surface area contributed by atoms with Crippen molar-refractivity contribution in [1.82, 2.24) is 0 Å². The second-order valence-corrected chi connectivity index (χ2v) is 3.07. The maximum atomic E-state index is 11.3. The molecule has 0 aromatic heterocycles. The number of benzene rings is 1. The molecule has 0 aliphatic carbocycles. The van der Waals surface area contributed by atoms with Gasteiger partial charge in [0.25, 0.3) is 0 Å². The van der Waals surface area contributed by atoms with Gasteiger partial charge >= 0.3 is 0 Å². The van der Waals surface area contributed by atoms with Gasteiger partial charge in [-0.1, -0.05) is 0 Å². The van der Waals surface area contributed by atoms with Crippen molar-refractivity contribution in [3.63, 3.8) is 0 Å². The Morgan fingerprint density at radius 1 is 1.64 bits per heavy atom. The number of nitriles is 1. The van der Waals surface area contributed by atoms with Crippen molar-refractivity contribution in [2.75, 3.05) is 5.88 Å². The molecule has 3 nitrogen and oxygen atoms in total. The monoisotopic (exact) mass is 209 g/mol. The molecule has 0 fully saturated rings. The molecule has 0 unspecified atom stereocenters. The van der Waals surface area contributed by atoms with Crippen LogP contribution in [0.15, 0.2) is 12.1 Å². The second-order valence-electron chi connectivity index (χ2n) is 2.80. The molecule has 0 radical (unpaired) electrons. The smallest absolute Gasteiger partial charge is 0.178 e. The standard InChI is InChI=1S/C10H8ClNO2/c1-6-8(5-12)7(10(14)4-11)2-3-9(6)13/h2-3,13H,4H2,1H3. The van der Waals surface area contributed by atoms with Gasteiger partial charge in [-0.05, 0) is 19.1 Å². The van der Waals surface area contributed by atoms with Crippen LogP contribution in [0.2, 0.25) is 0 Å². The number of alkyl halides is 1. The minimum absolute atomic E-state index is 0.00710. The van der Waals surface area contributed by atoms with Crippen LogP contribution in [0.3, 0.4) is 0 Å². The van der Waals surface area contributed by atoms with Gasteiger partial charge in [-0.2, -0.15) is 5.26 Å². The predicted molar refractivity (Wildman–Crippen MR) is 52.6 cm³/mol. The number of hydrogen-bond acceptors (Lipinski definition) is 3. The summed E-state index contributed by atoms with van der Waals surface area (Å²) < 4.78 is 0. The number of rotatable bonds is 2. The lowest BCUT2D eigenvalue weighted by Gasteiger charge is -2.05. The van der Waals surface area contributed by atoms with E-state index in [1.165, 1.54) is 12.1 Å². The summed E-state index contributed by atoms with van der Waals surface area (Å²) in [4.78, 5) is 11.3. The highest BCUT2D eigenvalue weighted by Crippen LogP contribution is 2.23. The van der Waals surface area contributed by atoms with Crippen molar-refractivity contribution in [3.8, 4) is 11.8 Å². The van der Waals surface area contributed by atoms with Crippen LogP contribution in [0, 0.1) is 18.3 Å². The molecule has 1 aromatic rings. The molecule has 1 rings (SSSR count). The van der Waals surface area contributed by atoms with E-state index in [1.807, 2.05) is 6.07 Å². The van der Waals surface area contributed by atoms with E-state index in [1.54, 1.807) is 6.92 Å². The first-order chi connectivity index (χ1) is 6.61. The van der Waals surface area contributed by atoms with E-state index in [9.17, 15) is 9.90 Å². The van der Waals surface area contributed by atoms with Crippen LogP contribution >= 0.6 is 11.6 Å². The zero-order valence-electron chi connectivity index (χ0n) is 7.54. The third-order valence-electron chi connectivity index (χ3n) is 1.97. The summed E-state index contributed by atoms with van der Waals surface area (Å²) in [7, 11) is 0. The third-order valence-corrected chi connectivity index (χ3v) is 2.21. The largest absolute Gasteiger partial charge is 0.508 e. The minimum Gasteiger partial charge on any atom is -0.508 e. The van der Waals surface area contributed by atoms with Crippen molar-refractivity contribution < 1.29 is 9.90 Å². The molecule has 0 saturated heterocycles. The molecule has 0 spiro atoms. The zero-order valence-corrected chi connectivity index (χ0v) is 8.30. The lowest BCUT2D eigenvalue weighted by molar-refractivity contribution is 0.102. The molecule has 4 heteroatoms. The fourth-order valence-electron chi connectivity index (χ4n) is 1.15. The molecule has 0 aliphatic rings. The summed E-state index contributed by atoms with van der Waals surface area (Å²) >= 11 is 5.39. The summed E-state index contributed by atoms with van der Waals surface area (Å²) in [5, 5.41) is 18.1. The first kappa shape index (κ1) is 10.6. The molecule has 1 aromatic carbocycles. The van der Waals surface area contributed by atoms with Crippen LogP contribution in [0.1, 0.15) is 21.5 Å². The third kappa shape index (κ3) is 1.70. The predicted octanol–water partition coefficient (Wildman–Crippen LogP) is 1.99. The van der Waals surface area contributed by atoms with Crippen molar-refractivity contribution in [2.24, 2.45) is 0 Å². The van der Waals surface area contributed by atoms with Crippen molar-refractivity contribution in [2.45, 2.75) is 6.92 Å². The van der Waals surface area contributed by atoms with Gasteiger partial charge in [0, 0.05) is 11.1 Å². The van der Waals surface area contributed by atoms with Crippen LogP contribution in [0.25, 0.3) is 0 Å². The Morgan fingerprint density at radius 3 is 2.79 bits per heavy atom. The summed E-state index contributed by atoms with van der Waals surface area (Å²) in [6.07, 6.45) is 0. The van der Waals surface area contributed by atoms with Gasteiger partial charge in [0.05, 0.1) is 11.4 Å². The Balaban J connectivity index is 3.40. The highest BCUT2D eigenvalue weighted by Gasteiger charge is 2.14. The summed E-state index contributed by atoms with van der Waals surface area (Å²) in [5.41, 5.74) is 0.858. The number of carbonyl (C=O) groups excluding carboxylic acids is 1.